The Balaban J connectivity index is 2.31. The fraction of sp³-hybridized carbons (Fsp3) is 0.500. The van der Waals surface area contributed by atoms with Gasteiger partial charge in [0.1, 0.15) is 4.90 Å². The number of hydrogen-bond donors (Lipinski definition) is 1. The zero-order valence-corrected chi connectivity index (χ0v) is 15.5. The number of ether oxygens (including phenoxy) is 1. The summed E-state index contributed by atoms with van der Waals surface area (Å²) in [6.45, 7) is 2.18. The van der Waals surface area contributed by atoms with Crippen LogP contribution in [0.2, 0.25) is 5.02 Å². The van der Waals surface area contributed by atoms with E-state index >= 15 is 0 Å². The van der Waals surface area contributed by atoms with Crippen molar-refractivity contribution in [1.82, 2.24) is 4.31 Å². The summed E-state index contributed by atoms with van der Waals surface area (Å²) in [6.07, 6.45) is 2.42. The van der Waals surface area contributed by atoms with Crippen LogP contribution < -0.4 is 5.73 Å². The fourth-order valence-corrected chi connectivity index (χ4v) is 4.55. The molecule has 1 aliphatic rings. The molecule has 0 bridgehead atoms. The second-order valence-corrected chi connectivity index (χ2v) is 8.23. The fourth-order valence-electron chi connectivity index (χ4n) is 2.54. The van der Waals surface area contributed by atoms with Crippen molar-refractivity contribution in [2.45, 2.75) is 43.6 Å². The minimum Gasteiger partial charge on any atom is -0.449 e. The normalized spacial score (nSPS) is 17.5. The Labute approximate surface area is 152 Å². The molecule has 0 saturated carbocycles. The molecule has 0 spiro atoms. The van der Waals surface area contributed by atoms with E-state index in [0.717, 1.165) is 25.7 Å². The van der Waals surface area contributed by atoms with Crippen molar-refractivity contribution in [2.75, 3.05) is 13.1 Å². The first-order valence-corrected chi connectivity index (χ1v) is 9.85. The van der Waals surface area contributed by atoms with Gasteiger partial charge in [0.05, 0.1) is 10.6 Å². The molecule has 1 saturated heterocycles. The van der Waals surface area contributed by atoms with Crippen molar-refractivity contribution >= 4 is 33.5 Å². The van der Waals surface area contributed by atoms with Crippen LogP contribution in [0, 0.1) is 0 Å². The topological polar surface area (TPSA) is 107 Å². The Morgan fingerprint density at radius 1 is 1.20 bits per heavy atom. The van der Waals surface area contributed by atoms with Crippen molar-refractivity contribution in [3.05, 3.63) is 28.8 Å². The Morgan fingerprint density at radius 3 is 2.36 bits per heavy atom. The van der Waals surface area contributed by atoms with E-state index in [0.29, 0.717) is 13.1 Å². The lowest BCUT2D eigenvalue weighted by Gasteiger charge is -2.21. The van der Waals surface area contributed by atoms with Crippen molar-refractivity contribution in [1.29, 1.82) is 0 Å². The van der Waals surface area contributed by atoms with E-state index in [-0.39, 0.29) is 15.5 Å². The third-order valence-electron chi connectivity index (χ3n) is 4.03. The number of carbonyl (C=O) groups excluding carboxylic acids is 2. The van der Waals surface area contributed by atoms with Crippen LogP contribution in [0.15, 0.2) is 23.1 Å². The lowest BCUT2D eigenvalue weighted by molar-refractivity contribution is -0.125. The van der Waals surface area contributed by atoms with Crippen LogP contribution in [0.4, 0.5) is 0 Å². The first-order chi connectivity index (χ1) is 11.7. The molecule has 9 heteroatoms. The summed E-state index contributed by atoms with van der Waals surface area (Å²) >= 11 is 6.07. The highest BCUT2D eigenvalue weighted by molar-refractivity contribution is 7.89. The predicted molar refractivity (Wildman–Crippen MR) is 92.8 cm³/mol. The molecular weight excluding hydrogens is 368 g/mol. The number of hydrogen-bond acceptors (Lipinski definition) is 5. The lowest BCUT2D eigenvalue weighted by Crippen LogP contribution is -2.32. The average molecular weight is 389 g/mol. The van der Waals surface area contributed by atoms with Gasteiger partial charge >= 0.3 is 5.97 Å². The molecule has 0 aliphatic carbocycles. The number of halogens is 1. The number of primary amides is 1. The Bertz CT molecular complexity index is 758. The monoisotopic (exact) mass is 388 g/mol. The van der Waals surface area contributed by atoms with E-state index < -0.39 is 28.0 Å². The maximum Gasteiger partial charge on any atom is 0.338 e. The summed E-state index contributed by atoms with van der Waals surface area (Å²) in [6, 6.07) is 3.86. The Morgan fingerprint density at radius 2 is 1.80 bits per heavy atom. The SMILES string of the molecule is C[C@@H](OC(=O)c1ccc(Cl)c(S(=O)(=O)N2CCCCCC2)c1)C(N)=O. The molecule has 0 aromatic heterocycles. The number of rotatable bonds is 5. The van der Waals surface area contributed by atoms with Gasteiger partial charge in [-0.25, -0.2) is 13.2 Å². The first kappa shape index (κ1) is 19.7. The third-order valence-corrected chi connectivity index (χ3v) is 6.41. The van der Waals surface area contributed by atoms with Crippen LogP contribution >= 0.6 is 11.6 Å². The van der Waals surface area contributed by atoms with Gasteiger partial charge in [0.25, 0.3) is 5.91 Å². The number of carbonyl (C=O) groups is 2. The molecule has 25 heavy (non-hydrogen) atoms. The van der Waals surface area contributed by atoms with Gasteiger partial charge in [-0.3, -0.25) is 4.79 Å². The molecule has 7 nitrogen and oxygen atoms in total. The molecule has 0 unspecified atom stereocenters. The average Bonchev–Trinajstić information content (AvgIpc) is 2.84. The van der Waals surface area contributed by atoms with Crippen LogP contribution in [-0.2, 0) is 19.6 Å². The van der Waals surface area contributed by atoms with Crippen LogP contribution in [0.5, 0.6) is 0 Å². The van der Waals surface area contributed by atoms with Gasteiger partial charge in [0, 0.05) is 13.1 Å². The second-order valence-electron chi connectivity index (χ2n) is 5.91. The number of sulfonamides is 1. The molecule has 1 heterocycles. The van der Waals surface area contributed by atoms with E-state index in [9.17, 15) is 18.0 Å². The Kier molecular flexibility index (Phi) is 6.42. The first-order valence-electron chi connectivity index (χ1n) is 8.03. The van der Waals surface area contributed by atoms with E-state index in [2.05, 4.69) is 0 Å². The van der Waals surface area contributed by atoms with Gasteiger partial charge in [0.15, 0.2) is 6.10 Å². The maximum atomic E-state index is 12.9. The van der Waals surface area contributed by atoms with E-state index in [4.69, 9.17) is 22.1 Å². The summed E-state index contributed by atoms with van der Waals surface area (Å²) in [5.41, 5.74) is 5.05. The number of esters is 1. The summed E-state index contributed by atoms with van der Waals surface area (Å²) < 4.78 is 32.1. The number of nitrogens with zero attached hydrogens (tertiary/aromatic N) is 1. The molecule has 1 aromatic carbocycles. The van der Waals surface area contributed by atoms with Gasteiger partial charge in [-0.2, -0.15) is 4.31 Å². The van der Waals surface area contributed by atoms with E-state index in [1.165, 1.54) is 29.4 Å². The molecule has 1 atom stereocenters. The van der Waals surface area contributed by atoms with Crippen LogP contribution in [-0.4, -0.2) is 43.8 Å². The summed E-state index contributed by atoms with van der Waals surface area (Å²) in [5.74, 6) is -1.63. The summed E-state index contributed by atoms with van der Waals surface area (Å²) in [5, 5.41) is 0.0312. The molecule has 1 aromatic rings. The van der Waals surface area contributed by atoms with Crippen LogP contribution in [0.25, 0.3) is 0 Å². The number of amides is 1. The third kappa shape index (κ3) is 4.71. The largest absolute Gasteiger partial charge is 0.449 e. The Hall–Kier alpha value is -1.64. The van der Waals surface area contributed by atoms with E-state index in [1.54, 1.807) is 0 Å². The molecule has 1 fully saturated rings. The van der Waals surface area contributed by atoms with Gasteiger partial charge in [-0.1, -0.05) is 24.4 Å². The van der Waals surface area contributed by atoms with Crippen molar-refractivity contribution < 1.29 is 22.7 Å². The van der Waals surface area contributed by atoms with Crippen molar-refractivity contribution in [3.8, 4) is 0 Å². The molecule has 138 valence electrons. The highest BCUT2D eigenvalue weighted by Crippen LogP contribution is 2.28. The maximum absolute atomic E-state index is 12.9. The number of benzene rings is 1. The quantitative estimate of drug-likeness (QED) is 0.775. The van der Waals surface area contributed by atoms with Crippen LogP contribution in [0.3, 0.4) is 0 Å². The van der Waals surface area contributed by atoms with Gasteiger partial charge in [-0.05, 0) is 38.0 Å². The minimum atomic E-state index is -3.81. The minimum absolute atomic E-state index is 0.00843. The summed E-state index contributed by atoms with van der Waals surface area (Å²) in [7, 11) is -3.81. The second kappa shape index (κ2) is 8.16. The van der Waals surface area contributed by atoms with Gasteiger partial charge in [0.2, 0.25) is 10.0 Å². The van der Waals surface area contributed by atoms with Gasteiger partial charge in [-0.15, -0.1) is 0 Å². The lowest BCUT2D eigenvalue weighted by atomic mass is 10.2. The van der Waals surface area contributed by atoms with Crippen molar-refractivity contribution in [3.63, 3.8) is 0 Å². The smallest absolute Gasteiger partial charge is 0.338 e. The molecule has 1 amide bonds. The van der Waals surface area contributed by atoms with Crippen LogP contribution in [0.1, 0.15) is 43.0 Å². The molecule has 2 N–H and O–H groups in total. The standard InChI is InChI=1S/C16H21ClN2O5S/c1-11(15(18)20)24-16(21)12-6-7-13(17)14(10-12)25(22,23)19-8-4-2-3-5-9-19/h6-7,10-11H,2-5,8-9H2,1H3,(H2,18,20)/t11-/m1/s1. The molecule has 0 radical (unpaired) electrons. The van der Waals surface area contributed by atoms with Crippen molar-refractivity contribution in [2.24, 2.45) is 5.73 Å². The highest BCUT2D eigenvalue weighted by Gasteiger charge is 2.28. The van der Waals surface area contributed by atoms with E-state index in [1.807, 2.05) is 0 Å². The zero-order chi connectivity index (χ0) is 18.6. The number of nitrogens with two attached hydrogens (primary N) is 1. The zero-order valence-electron chi connectivity index (χ0n) is 13.9. The highest BCUT2D eigenvalue weighted by atomic mass is 35.5. The van der Waals surface area contributed by atoms with Gasteiger partial charge < -0.3 is 10.5 Å². The predicted octanol–water partition coefficient (Wildman–Crippen LogP) is 1.94. The molecular formula is C16H21ClN2O5S. The summed E-state index contributed by atoms with van der Waals surface area (Å²) in [4.78, 5) is 23.0. The molecule has 2 rings (SSSR count). The molecule has 1 aliphatic heterocycles.